The number of benzene rings is 2. The maximum Gasteiger partial charge on any atom is 0.257 e. The van der Waals surface area contributed by atoms with Gasteiger partial charge in [0.1, 0.15) is 13.2 Å². The van der Waals surface area contributed by atoms with Crippen LogP contribution in [0.2, 0.25) is 0 Å². The van der Waals surface area contributed by atoms with Gasteiger partial charge in [0.15, 0.2) is 11.5 Å². The molecule has 1 aliphatic heterocycles. The first-order chi connectivity index (χ1) is 14.7. The second kappa shape index (κ2) is 9.09. The van der Waals surface area contributed by atoms with Gasteiger partial charge in [-0.1, -0.05) is 23.8 Å². The number of guanidine groups is 1. The van der Waals surface area contributed by atoms with Gasteiger partial charge in [-0.15, -0.1) is 0 Å². The number of hydrogen-bond donors (Lipinski definition) is 2. The Labute approximate surface area is 174 Å². The Morgan fingerprint density at radius 2 is 1.93 bits per heavy atom. The van der Waals surface area contributed by atoms with Crippen LogP contribution in [0.3, 0.4) is 0 Å². The van der Waals surface area contributed by atoms with Gasteiger partial charge in [0.05, 0.1) is 6.54 Å². The van der Waals surface area contributed by atoms with Gasteiger partial charge in [-0.05, 0) is 42.8 Å². The fourth-order valence-corrected chi connectivity index (χ4v) is 3.00. The van der Waals surface area contributed by atoms with Crippen LogP contribution >= 0.6 is 0 Å². The van der Waals surface area contributed by atoms with E-state index in [9.17, 15) is 4.79 Å². The van der Waals surface area contributed by atoms with E-state index in [4.69, 9.17) is 9.47 Å². The topological polar surface area (TPSA) is 84.8 Å². The number of nitrogens with zero attached hydrogens (tertiary/aromatic N) is 2. The number of nitrogens with one attached hydrogen (secondary N) is 2. The molecule has 0 fully saturated rings. The van der Waals surface area contributed by atoms with Crippen LogP contribution in [-0.4, -0.2) is 30.1 Å². The van der Waals surface area contributed by atoms with Gasteiger partial charge in [0, 0.05) is 29.7 Å². The van der Waals surface area contributed by atoms with Crippen molar-refractivity contribution in [1.82, 2.24) is 10.3 Å². The first kappa shape index (κ1) is 19.4. The van der Waals surface area contributed by atoms with Gasteiger partial charge in [0.2, 0.25) is 5.96 Å². The maximum atomic E-state index is 12.8. The maximum absolute atomic E-state index is 12.8. The van der Waals surface area contributed by atoms with E-state index >= 15 is 0 Å². The minimum absolute atomic E-state index is 0.242. The number of amides is 1. The highest BCUT2D eigenvalue weighted by Gasteiger charge is 2.14. The highest BCUT2D eigenvalue weighted by molar-refractivity contribution is 6.10. The summed E-state index contributed by atoms with van der Waals surface area (Å²) in [4.78, 5) is 21.4. The van der Waals surface area contributed by atoms with Gasteiger partial charge >= 0.3 is 0 Å². The molecule has 0 radical (unpaired) electrons. The second-order valence-electron chi connectivity index (χ2n) is 6.83. The zero-order valence-electron chi connectivity index (χ0n) is 16.6. The lowest BCUT2D eigenvalue weighted by atomic mass is 10.1. The smallest absolute Gasteiger partial charge is 0.257 e. The summed E-state index contributed by atoms with van der Waals surface area (Å²) < 4.78 is 11.2. The van der Waals surface area contributed by atoms with E-state index in [-0.39, 0.29) is 5.91 Å². The number of anilines is 1. The summed E-state index contributed by atoms with van der Waals surface area (Å²) in [6.45, 7) is 3.35. The third-order valence-electron chi connectivity index (χ3n) is 4.46. The van der Waals surface area contributed by atoms with Crippen molar-refractivity contribution in [2.24, 2.45) is 4.99 Å². The molecule has 0 aliphatic carbocycles. The lowest BCUT2D eigenvalue weighted by Crippen LogP contribution is -2.36. The van der Waals surface area contributed by atoms with Crippen LogP contribution in [0.15, 0.2) is 72.0 Å². The molecule has 4 rings (SSSR count). The molecule has 30 heavy (non-hydrogen) atoms. The molecule has 2 N–H and O–H groups in total. The number of carbonyl (C=O) groups is 1. The van der Waals surface area contributed by atoms with Crippen LogP contribution < -0.4 is 20.1 Å². The van der Waals surface area contributed by atoms with Crippen LogP contribution in [-0.2, 0) is 6.54 Å². The van der Waals surface area contributed by atoms with Crippen LogP contribution in [0.5, 0.6) is 11.5 Å². The molecule has 1 aromatic heterocycles. The van der Waals surface area contributed by atoms with Crippen molar-refractivity contribution >= 4 is 17.6 Å². The number of pyridine rings is 1. The fraction of sp³-hybridized carbons (Fsp3) is 0.174. The quantitative estimate of drug-likeness (QED) is 0.515. The van der Waals surface area contributed by atoms with E-state index in [1.165, 1.54) is 0 Å². The molecule has 0 spiro atoms. The molecular formula is C23H22N4O3. The Balaban J connectivity index is 1.55. The molecule has 0 bridgehead atoms. The van der Waals surface area contributed by atoms with Gasteiger partial charge in [-0.2, -0.15) is 0 Å². The molecule has 0 saturated heterocycles. The van der Waals surface area contributed by atoms with Gasteiger partial charge in [-0.3, -0.25) is 15.1 Å². The molecule has 7 nitrogen and oxygen atoms in total. The first-order valence-corrected chi connectivity index (χ1v) is 9.65. The van der Waals surface area contributed by atoms with E-state index in [0.717, 1.165) is 16.8 Å². The summed E-state index contributed by atoms with van der Waals surface area (Å²) in [6.07, 6.45) is 3.45. The molecule has 3 aromatic rings. The monoisotopic (exact) mass is 402 g/mol. The second-order valence-corrected chi connectivity index (χ2v) is 6.83. The van der Waals surface area contributed by atoms with Gasteiger partial charge in [0.25, 0.3) is 5.91 Å². The minimum Gasteiger partial charge on any atom is -0.486 e. The molecule has 1 aliphatic rings. The van der Waals surface area contributed by atoms with Crippen LogP contribution in [0, 0.1) is 6.92 Å². The molecule has 2 aromatic carbocycles. The van der Waals surface area contributed by atoms with Gasteiger partial charge in [-0.25, -0.2) is 4.99 Å². The summed E-state index contributed by atoms with van der Waals surface area (Å²) in [5.41, 5.74) is 3.24. The average molecular weight is 402 g/mol. The first-order valence-electron chi connectivity index (χ1n) is 9.65. The zero-order chi connectivity index (χ0) is 20.8. The molecular weight excluding hydrogens is 380 g/mol. The standard InChI is InChI=1S/C23H22N4O3/c1-16-4-2-6-18(12-16)22(28)27-23(25-15-17-5-3-9-24-14-17)26-19-7-8-20-21(13-19)30-11-10-29-20/h2-9,12-14H,10-11,15H2,1H3,(H2,25,26,27,28). The van der Waals surface area contributed by atoms with Crippen molar-refractivity contribution < 1.29 is 14.3 Å². The SMILES string of the molecule is Cc1cccc(C(=O)NC(=NCc2cccnc2)Nc2ccc3c(c2)OCCO3)c1. The van der Waals surface area contributed by atoms with Crippen molar-refractivity contribution in [2.75, 3.05) is 18.5 Å². The predicted octanol–water partition coefficient (Wildman–Crippen LogP) is 3.56. The van der Waals surface area contributed by atoms with E-state index < -0.39 is 0 Å². The van der Waals surface area contributed by atoms with Crippen LogP contribution in [0.1, 0.15) is 21.5 Å². The van der Waals surface area contributed by atoms with Crippen molar-refractivity contribution in [3.05, 3.63) is 83.7 Å². The Morgan fingerprint density at radius 3 is 2.73 bits per heavy atom. The Morgan fingerprint density at radius 1 is 1.07 bits per heavy atom. The summed E-state index contributed by atoms with van der Waals surface area (Å²) in [6, 6.07) is 16.7. The fourth-order valence-electron chi connectivity index (χ4n) is 3.00. The number of ether oxygens (including phenoxy) is 2. The summed E-state index contributed by atoms with van der Waals surface area (Å²) in [5.74, 6) is 1.45. The summed E-state index contributed by atoms with van der Waals surface area (Å²) in [7, 11) is 0. The number of hydrogen-bond acceptors (Lipinski definition) is 5. The predicted molar refractivity (Wildman–Crippen MR) is 115 cm³/mol. The molecule has 0 atom stereocenters. The zero-order valence-corrected chi connectivity index (χ0v) is 16.6. The largest absolute Gasteiger partial charge is 0.486 e. The average Bonchev–Trinajstić information content (AvgIpc) is 2.78. The van der Waals surface area contributed by atoms with Crippen molar-refractivity contribution in [3.8, 4) is 11.5 Å². The van der Waals surface area contributed by atoms with Crippen molar-refractivity contribution in [3.63, 3.8) is 0 Å². The number of rotatable bonds is 4. The van der Waals surface area contributed by atoms with E-state index in [1.54, 1.807) is 18.5 Å². The van der Waals surface area contributed by atoms with E-state index in [0.29, 0.717) is 42.8 Å². The lowest BCUT2D eigenvalue weighted by Gasteiger charge is -2.19. The Kier molecular flexibility index (Phi) is 5.89. The third kappa shape index (κ3) is 4.94. The molecule has 7 heteroatoms. The van der Waals surface area contributed by atoms with E-state index in [2.05, 4.69) is 20.6 Å². The van der Waals surface area contributed by atoms with Crippen molar-refractivity contribution in [1.29, 1.82) is 0 Å². The number of aromatic nitrogens is 1. The van der Waals surface area contributed by atoms with E-state index in [1.807, 2.05) is 55.5 Å². The van der Waals surface area contributed by atoms with Crippen LogP contribution in [0.4, 0.5) is 5.69 Å². The van der Waals surface area contributed by atoms with Crippen LogP contribution in [0.25, 0.3) is 0 Å². The molecule has 0 saturated carbocycles. The lowest BCUT2D eigenvalue weighted by molar-refractivity contribution is 0.0977. The third-order valence-corrected chi connectivity index (χ3v) is 4.46. The normalized spacial score (nSPS) is 12.9. The van der Waals surface area contributed by atoms with Gasteiger partial charge < -0.3 is 14.8 Å². The molecule has 1 amide bonds. The number of aliphatic imine (C=N–C) groups is 1. The summed E-state index contributed by atoms with van der Waals surface area (Å²) in [5, 5.41) is 6.04. The number of carbonyl (C=O) groups excluding carboxylic acids is 1. The van der Waals surface area contributed by atoms with Crippen molar-refractivity contribution in [2.45, 2.75) is 13.5 Å². The molecule has 2 heterocycles. The Bertz CT molecular complexity index is 1070. The minimum atomic E-state index is -0.242. The highest BCUT2D eigenvalue weighted by atomic mass is 16.6. The summed E-state index contributed by atoms with van der Waals surface area (Å²) >= 11 is 0. The number of aryl methyl sites for hydroxylation is 1. The number of fused-ring (bicyclic) bond motifs is 1. The molecule has 152 valence electrons. The molecule has 0 unspecified atom stereocenters. The Hall–Kier alpha value is -3.87. The highest BCUT2D eigenvalue weighted by Crippen LogP contribution is 2.32.